The molecule has 52 heavy (non-hydrogen) atoms. The Hall–Kier alpha value is -4.19. The van der Waals surface area contributed by atoms with Crippen molar-refractivity contribution in [2.45, 2.75) is 114 Å². The van der Waals surface area contributed by atoms with Crippen LogP contribution < -0.4 is 10.2 Å². The maximum absolute atomic E-state index is 14.9. The molecule has 3 saturated heterocycles. The molecule has 12 nitrogen and oxygen atoms in total. The molecule has 6 aliphatic rings. The molecular weight excluding hydrogens is 656 g/mol. The fraction of sp³-hybridized carbons (Fsp3) is 0.625. The van der Waals surface area contributed by atoms with E-state index in [-0.39, 0.29) is 36.4 Å². The Kier molecular flexibility index (Phi) is 8.43. The van der Waals surface area contributed by atoms with Crippen LogP contribution in [0.2, 0.25) is 0 Å². The van der Waals surface area contributed by atoms with Gasteiger partial charge in [0.2, 0.25) is 11.8 Å². The maximum atomic E-state index is 14.9. The number of benzene rings is 1. The van der Waals surface area contributed by atoms with Crippen molar-refractivity contribution in [1.82, 2.24) is 29.2 Å². The van der Waals surface area contributed by atoms with E-state index < -0.39 is 11.5 Å². The van der Waals surface area contributed by atoms with Gasteiger partial charge in [0.15, 0.2) is 5.82 Å². The number of nitrogens with zero attached hydrogens (tertiary/aromatic N) is 7. The molecule has 3 aromatic rings. The number of aromatic nitrogens is 3. The normalized spacial score (nSPS) is 26.2. The first kappa shape index (κ1) is 33.6. The zero-order valence-corrected chi connectivity index (χ0v) is 30.6. The highest BCUT2D eigenvalue weighted by Crippen LogP contribution is 2.52. The Balaban J connectivity index is 1.03. The first-order valence-electron chi connectivity index (χ1n) is 19.8. The Bertz CT molecular complexity index is 1880. The van der Waals surface area contributed by atoms with E-state index in [1.165, 1.54) is 24.2 Å². The summed E-state index contributed by atoms with van der Waals surface area (Å²) in [7, 11) is 0. The molecule has 0 bridgehead atoms. The molecular formula is C40H52N8O4. The number of fused-ring (bicyclic) bond motifs is 3. The molecule has 4 aliphatic heterocycles. The van der Waals surface area contributed by atoms with Gasteiger partial charge in [-0.1, -0.05) is 18.6 Å². The fourth-order valence-electron chi connectivity index (χ4n) is 9.79. The van der Waals surface area contributed by atoms with Gasteiger partial charge in [0.1, 0.15) is 5.52 Å². The van der Waals surface area contributed by atoms with E-state index >= 15 is 0 Å². The van der Waals surface area contributed by atoms with E-state index in [2.05, 4.69) is 57.8 Å². The van der Waals surface area contributed by atoms with Crippen LogP contribution in [0.15, 0.2) is 30.6 Å². The lowest BCUT2D eigenvalue weighted by molar-refractivity contribution is -0.140. The van der Waals surface area contributed by atoms with Crippen LogP contribution >= 0.6 is 0 Å². The van der Waals surface area contributed by atoms with Crippen molar-refractivity contribution < 1.29 is 19.5 Å². The molecule has 2 saturated carbocycles. The van der Waals surface area contributed by atoms with Crippen molar-refractivity contribution >= 4 is 40.4 Å². The lowest BCUT2D eigenvalue weighted by Crippen LogP contribution is -2.58. The van der Waals surface area contributed by atoms with Crippen LogP contribution in [-0.2, 0) is 15.0 Å². The van der Waals surface area contributed by atoms with Crippen LogP contribution in [0.5, 0.6) is 0 Å². The summed E-state index contributed by atoms with van der Waals surface area (Å²) in [6.45, 7) is 8.37. The number of carbonyl (C=O) groups is 3. The number of piperidine rings is 3. The number of amides is 3. The topological polar surface area (TPSA) is 127 Å². The van der Waals surface area contributed by atoms with Crippen molar-refractivity contribution in [3.05, 3.63) is 36.2 Å². The third-order valence-corrected chi connectivity index (χ3v) is 13.1. The second-order valence-corrected chi connectivity index (χ2v) is 16.6. The minimum Gasteiger partial charge on any atom is -0.465 e. The molecule has 276 valence electrons. The van der Waals surface area contributed by atoms with E-state index in [0.717, 1.165) is 78.1 Å². The molecule has 12 heteroatoms. The predicted molar refractivity (Wildman–Crippen MR) is 200 cm³/mol. The van der Waals surface area contributed by atoms with Gasteiger partial charge >= 0.3 is 6.09 Å². The summed E-state index contributed by atoms with van der Waals surface area (Å²) in [5, 5.41) is 13.2. The number of likely N-dealkylation sites (tertiary alicyclic amines) is 3. The van der Waals surface area contributed by atoms with Gasteiger partial charge in [0, 0.05) is 61.6 Å². The van der Waals surface area contributed by atoms with Crippen LogP contribution in [0.25, 0.3) is 22.3 Å². The molecule has 5 fully saturated rings. The van der Waals surface area contributed by atoms with Gasteiger partial charge in [0.25, 0.3) is 0 Å². The quantitative estimate of drug-likeness (QED) is 0.312. The standard InChI is InChI=1S/C40H52N8O4/c1-25(2)47-24-41-33-22-32(43-36(35(33)47)42-28-9-10-28)26-8-11-31-34(19-26)48(30-20-29(21-30)44-14-4-3-5-15-44)38(50)40(31)12-17-45(18-13-40)37(49)27-7-6-16-46(23-27)39(51)52/h8,11,19,22,24-25,27-30H,3-7,9-10,12-18,20-21,23H2,1-2H3,(H,42,43)(H,51,52)/t27-,29?,30?/m0/s1. The van der Waals surface area contributed by atoms with Crippen molar-refractivity contribution in [1.29, 1.82) is 0 Å². The molecule has 1 spiro atoms. The Labute approximate surface area is 305 Å². The Morgan fingerprint density at radius 3 is 2.40 bits per heavy atom. The summed E-state index contributed by atoms with van der Waals surface area (Å²) >= 11 is 0. The van der Waals surface area contributed by atoms with Crippen LogP contribution in [-0.4, -0.2) is 110 Å². The van der Waals surface area contributed by atoms with Crippen LogP contribution in [0.1, 0.15) is 96.1 Å². The lowest BCUT2D eigenvalue weighted by Gasteiger charge is -2.48. The van der Waals surface area contributed by atoms with Gasteiger partial charge in [-0.15, -0.1) is 0 Å². The number of anilines is 2. The SMILES string of the molecule is CC(C)n1cnc2cc(-c3ccc4c(c3)N(C3CC(N5CCCCC5)C3)C(=O)C43CCN(C(=O)[C@H]4CCCN(C(=O)O)C4)CC3)nc(NC3CC3)c21. The van der Waals surface area contributed by atoms with Crippen molar-refractivity contribution in [3.8, 4) is 11.3 Å². The Morgan fingerprint density at radius 1 is 0.923 bits per heavy atom. The summed E-state index contributed by atoms with van der Waals surface area (Å²) < 4.78 is 2.19. The van der Waals surface area contributed by atoms with Gasteiger partial charge < -0.3 is 34.6 Å². The van der Waals surface area contributed by atoms with Gasteiger partial charge in [-0.2, -0.15) is 0 Å². The number of carboxylic acid groups (broad SMARTS) is 1. The van der Waals surface area contributed by atoms with Crippen LogP contribution in [0.4, 0.5) is 16.3 Å². The fourth-order valence-corrected chi connectivity index (χ4v) is 9.79. The van der Waals surface area contributed by atoms with E-state index in [1.807, 2.05) is 11.2 Å². The van der Waals surface area contributed by atoms with Gasteiger partial charge in [-0.3, -0.25) is 9.59 Å². The number of hydrogen-bond acceptors (Lipinski definition) is 7. The molecule has 1 aromatic carbocycles. The van der Waals surface area contributed by atoms with Gasteiger partial charge in [0.05, 0.1) is 28.9 Å². The molecule has 9 rings (SSSR count). The summed E-state index contributed by atoms with van der Waals surface area (Å²) in [5.41, 5.74) is 5.18. The third kappa shape index (κ3) is 5.72. The number of imidazole rings is 1. The number of rotatable bonds is 7. The predicted octanol–water partition coefficient (Wildman–Crippen LogP) is 5.87. The third-order valence-electron chi connectivity index (χ3n) is 13.1. The highest BCUT2D eigenvalue weighted by atomic mass is 16.4. The lowest BCUT2D eigenvalue weighted by atomic mass is 9.73. The average Bonchev–Trinajstić information content (AvgIpc) is 3.80. The zero-order valence-electron chi connectivity index (χ0n) is 30.6. The maximum Gasteiger partial charge on any atom is 0.407 e. The minimum atomic E-state index is -0.961. The average molecular weight is 709 g/mol. The largest absolute Gasteiger partial charge is 0.465 e. The zero-order chi connectivity index (χ0) is 35.7. The van der Waals surface area contributed by atoms with Crippen molar-refractivity contribution in [2.24, 2.45) is 5.92 Å². The molecule has 2 aromatic heterocycles. The van der Waals surface area contributed by atoms with Crippen molar-refractivity contribution in [3.63, 3.8) is 0 Å². The second-order valence-electron chi connectivity index (χ2n) is 16.6. The van der Waals surface area contributed by atoms with Gasteiger partial charge in [-0.05, 0) is 109 Å². The molecule has 2 aliphatic carbocycles. The highest BCUT2D eigenvalue weighted by molar-refractivity contribution is 6.09. The monoisotopic (exact) mass is 708 g/mol. The molecule has 0 radical (unpaired) electrons. The molecule has 2 N–H and O–H groups in total. The van der Waals surface area contributed by atoms with Gasteiger partial charge in [-0.25, -0.2) is 14.8 Å². The molecule has 0 unspecified atom stereocenters. The van der Waals surface area contributed by atoms with E-state index in [4.69, 9.17) is 9.97 Å². The molecule has 3 amide bonds. The number of carbonyl (C=O) groups excluding carboxylic acids is 2. The van der Waals surface area contributed by atoms with Crippen LogP contribution in [0.3, 0.4) is 0 Å². The highest BCUT2D eigenvalue weighted by Gasteiger charge is 2.56. The minimum absolute atomic E-state index is 0.0269. The van der Waals surface area contributed by atoms with E-state index in [9.17, 15) is 19.5 Å². The summed E-state index contributed by atoms with van der Waals surface area (Å²) in [6.07, 6.45) is 11.6. The number of nitrogens with one attached hydrogen (secondary N) is 1. The summed E-state index contributed by atoms with van der Waals surface area (Å²) in [5.74, 6) is 0.760. The van der Waals surface area contributed by atoms with E-state index in [0.29, 0.717) is 57.4 Å². The van der Waals surface area contributed by atoms with Crippen LogP contribution in [0, 0.1) is 5.92 Å². The smallest absolute Gasteiger partial charge is 0.407 e. The molecule has 6 heterocycles. The first-order chi connectivity index (χ1) is 25.2. The number of hydrogen-bond donors (Lipinski definition) is 2. The van der Waals surface area contributed by atoms with Crippen molar-refractivity contribution in [2.75, 3.05) is 49.5 Å². The second kappa shape index (κ2) is 13.0. The first-order valence-corrected chi connectivity index (χ1v) is 19.8. The van der Waals surface area contributed by atoms with E-state index in [1.54, 1.807) is 0 Å². The number of pyridine rings is 1. The Morgan fingerprint density at radius 2 is 1.69 bits per heavy atom. The summed E-state index contributed by atoms with van der Waals surface area (Å²) in [6, 6.07) is 9.95. The molecule has 1 atom stereocenters. The summed E-state index contributed by atoms with van der Waals surface area (Å²) in [4.78, 5) is 58.3.